The summed E-state index contributed by atoms with van der Waals surface area (Å²) in [6, 6.07) is 108. The maximum Gasteiger partial charge on any atom is 0.0629 e. The molecule has 0 fully saturated rings. The molecule has 0 aliphatic carbocycles. The van der Waals surface area contributed by atoms with E-state index >= 15 is 0 Å². The molecule has 0 saturated heterocycles. The van der Waals surface area contributed by atoms with Gasteiger partial charge in [-0.3, -0.25) is 0 Å². The van der Waals surface area contributed by atoms with Crippen molar-refractivity contribution in [1.29, 1.82) is 0 Å². The van der Waals surface area contributed by atoms with Crippen molar-refractivity contribution >= 4 is 213 Å². The van der Waals surface area contributed by atoms with Gasteiger partial charge in [0, 0.05) is 60.5 Å². The van der Waals surface area contributed by atoms with E-state index < -0.39 is 72.5 Å². The topological polar surface area (TPSA) is 0 Å². The lowest BCUT2D eigenvalue weighted by atomic mass is 9.84. The van der Waals surface area contributed by atoms with Crippen LogP contribution < -0.4 is 0 Å². The molecule has 0 amide bonds. The number of hydrogen-bond donors (Lipinski definition) is 0. The van der Waals surface area contributed by atoms with Crippen molar-refractivity contribution in [2.45, 2.75) is 0 Å². The number of fused-ring (bicyclic) bond motifs is 20. The second-order valence-electron chi connectivity index (χ2n) is 34.4. The largest absolute Gasteiger partial charge is 0.135 e. The summed E-state index contributed by atoms with van der Waals surface area (Å²) in [6.45, 7) is 0. The van der Waals surface area contributed by atoms with Crippen molar-refractivity contribution in [3.05, 3.63) is 497 Å². The smallest absolute Gasteiger partial charge is 0.0629 e. The Labute approximate surface area is 837 Å². The molecule has 3 heteroatoms. The third kappa shape index (κ3) is 13.8. The van der Waals surface area contributed by atoms with Crippen LogP contribution >= 0.6 is 34.0 Å². The highest BCUT2D eigenvalue weighted by atomic mass is 32.1. The summed E-state index contributed by atoms with van der Waals surface area (Å²) in [4.78, 5) is 0. The summed E-state index contributed by atoms with van der Waals surface area (Å²) in [7, 11) is 0. The molecule has 29 aromatic rings. The first kappa shape index (κ1) is 59.0. The first-order chi connectivity index (χ1) is 77.9. The molecule has 0 spiro atoms. The van der Waals surface area contributed by atoms with E-state index in [4.69, 9.17) is 21.9 Å². The summed E-state index contributed by atoms with van der Waals surface area (Å²) < 4.78 is 223. The fourth-order valence-electron chi connectivity index (χ4n) is 20.5. The molecule has 137 heavy (non-hydrogen) atoms. The molecule has 0 N–H and O–H groups in total. The van der Waals surface area contributed by atoms with Gasteiger partial charge in [-0.05, 0) is 291 Å². The summed E-state index contributed by atoms with van der Waals surface area (Å²) in [5.74, 6) is 0. The average molecular weight is 1810 g/mol. The van der Waals surface area contributed by atoms with Crippen LogP contribution in [-0.4, -0.2) is 0 Å². The molecule has 0 aliphatic rings. The average Bonchev–Trinajstić information content (AvgIpc) is 1.49. The fraction of sp³-hybridized carbons (Fsp3) is 0. The van der Waals surface area contributed by atoms with E-state index in [1.54, 1.807) is 58.3 Å². The van der Waals surface area contributed by atoms with E-state index in [0.29, 0.717) is 66.8 Å². The van der Waals surface area contributed by atoms with Gasteiger partial charge in [-0.2, -0.15) is 0 Å². The Balaban J connectivity index is 0.000000116. The first-order valence-corrected chi connectivity index (χ1v) is 47.6. The lowest BCUT2D eigenvalue weighted by molar-refractivity contribution is 1.63. The number of benzene rings is 26. The van der Waals surface area contributed by atoms with Crippen LogP contribution in [0.25, 0.3) is 279 Å². The highest BCUT2D eigenvalue weighted by molar-refractivity contribution is 7.26. The lowest BCUT2D eigenvalue weighted by Crippen LogP contribution is -1.91. The number of hydrogen-bond acceptors (Lipinski definition) is 3. The van der Waals surface area contributed by atoms with Crippen LogP contribution in [0.2, 0.25) is 0 Å². The fourth-order valence-corrected chi connectivity index (χ4v) is 23.8. The van der Waals surface area contributed by atoms with Crippen LogP contribution in [0.3, 0.4) is 0 Å². The van der Waals surface area contributed by atoms with Crippen molar-refractivity contribution in [2.24, 2.45) is 0 Å². The van der Waals surface area contributed by atoms with Gasteiger partial charge in [0.2, 0.25) is 0 Å². The molecule has 0 bridgehead atoms. The molecule has 636 valence electrons. The Morgan fingerprint density at radius 1 is 0.124 bits per heavy atom. The molecule has 0 aliphatic heterocycles. The van der Waals surface area contributed by atoms with Crippen LogP contribution in [0.4, 0.5) is 0 Å². The van der Waals surface area contributed by atoms with E-state index in [-0.39, 0.29) is 137 Å². The normalized spacial score (nSPS) is 14.2. The third-order valence-electron chi connectivity index (χ3n) is 26.8. The SMILES string of the molecule is [2H]c1c([2H])c([2H])c2c(-c3ccc(-c4ccc5sc6cc7ccccc7cc6c5c4)cc3)c3c([2H])c([2H])c([2H])c([2H])c3c(-c3ccccc3)c2c1[2H].[2H]c1c([2H])c([2H])c2c(-c3ccc4sc5cc6ccccc6cc5c4c3)c3c([2H])c([2H])c([2H])c([2H])c3c(-c3ccc(-c4cccc5ccccc45)cc3)c2c1[2H].[2H]c1c([2H])c([2H])c2c(-c3cccc4ccccc34)c3c([2H])c([2H])c([2H])c([2H])c3c(-c3ccc(-c4ccc5sc6cc7ccccc7cc6c5c4)cc3)c2c1[2H]. The maximum absolute atomic E-state index is 9.37. The molecule has 3 heterocycles. The minimum atomic E-state index is -0.413. The van der Waals surface area contributed by atoms with Gasteiger partial charge in [0.1, 0.15) is 0 Å². The zero-order valence-electron chi connectivity index (χ0n) is 96.7. The summed E-state index contributed by atoms with van der Waals surface area (Å²) in [6.07, 6.45) is 0. The van der Waals surface area contributed by atoms with Crippen molar-refractivity contribution < 1.29 is 32.9 Å². The zero-order chi connectivity index (χ0) is 111. The Morgan fingerprint density at radius 3 is 0.693 bits per heavy atom. The summed E-state index contributed by atoms with van der Waals surface area (Å²) in [5.41, 5.74) is 11.5. The van der Waals surface area contributed by atoms with Gasteiger partial charge in [-0.1, -0.05) is 424 Å². The molecule has 0 nitrogen and oxygen atoms in total. The van der Waals surface area contributed by atoms with Crippen molar-refractivity contribution in [3.63, 3.8) is 0 Å². The van der Waals surface area contributed by atoms with Crippen LogP contribution in [0.1, 0.15) is 32.9 Å². The van der Waals surface area contributed by atoms with Crippen LogP contribution in [-0.2, 0) is 0 Å². The minimum absolute atomic E-state index is 0.206. The monoisotopic (exact) mass is 1810 g/mol. The van der Waals surface area contributed by atoms with Crippen molar-refractivity contribution in [2.75, 3.05) is 0 Å². The van der Waals surface area contributed by atoms with Crippen LogP contribution in [0.5, 0.6) is 0 Å². The maximum atomic E-state index is 9.37. The highest BCUT2D eigenvalue weighted by Crippen LogP contribution is 2.52. The standard InChI is InChI=1S/2C46H28S.C42H26S/c1-2-12-33-28-44-42(26-32(33)11-1)41-27-34(24-25-43(41)47-44)29-20-22-31(23-21-29)45-37-15-5-7-17-39(37)46(40-18-8-6-16-38(40)45)36-19-9-13-30-10-3-4-14-35(30)36;1-2-12-33-28-44-42(26-32(33)11-1)41-27-34(24-25-43(41)47-44)46-39-17-7-5-15-37(39)45(38-16-6-8-18-40(38)46)31-22-20-30(21-23-31)36-19-9-13-29-10-3-4-14-35(29)36;1-2-10-28(11-3-1)41-33-14-6-8-16-35(33)42(36-17-9-7-15-34(36)41)29-20-18-27(19-21-29)32-22-23-39-37(25-32)38-24-30-12-4-5-13-31(30)26-40(38)43-39/h2*1-28H;1-26H/i2*5D,6D,7D,8D,15D,16D,17D,18D;6D,7D,8D,9D,14D,15D,16D,17D. The second kappa shape index (κ2) is 33.2. The molecule has 29 rings (SSSR count). The summed E-state index contributed by atoms with van der Waals surface area (Å²) >= 11 is 5.20. The minimum Gasteiger partial charge on any atom is -0.135 e. The Morgan fingerprint density at radius 2 is 0.350 bits per heavy atom. The van der Waals surface area contributed by atoms with Gasteiger partial charge in [0.05, 0.1) is 32.9 Å². The lowest BCUT2D eigenvalue weighted by Gasteiger charge is -2.19. The second-order valence-corrected chi connectivity index (χ2v) is 37.7. The molecule has 3 aromatic heterocycles. The predicted molar refractivity (Wildman–Crippen MR) is 599 cm³/mol. The predicted octanol–water partition coefficient (Wildman–Crippen LogP) is 39.9. The molecule has 0 unspecified atom stereocenters. The number of thiophene rings is 3. The van der Waals surface area contributed by atoms with Crippen molar-refractivity contribution in [3.8, 4) is 100 Å². The Bertz CT molecular complexity index is 11300. The van der Waals surface area contributed by atoms with Crippen LogP contribution in [0.15, 0.2) is 497 Å². The van der Waals surface area contributed by atoms with Gasteiger partial charge in [0.15, 0.2) is 0 Å². The molecule has 0 saturated carbocycles. The summed E-state index contributed by atoms with van der Waals surface area (Å²) in [5, 5.41) is 20.1. The first-order valence-electron chi connectivity index (χ1n) is 57.2. The molecule has 0 atom stereocenters. The molecular formula is C134H82S3. The molecule has 0 radical (unpaired) electrons. The molecular weight excluding hydrogens is 1710 g/mol. The Kier molecular flexibility index (Phi) is 14.3. The van der Waals surface area contributed by atoms with E-state index in [1.807, 2.05) is 176 Å². The van der Waals surface area contributed by atoms with E-state index in [1.165, 1.54) is 61.9 Å². The van der Waals surface area contributed by atoms with Gasteiger partial charge in [-0.25, -0.2) is 0 Å². The van der Waals surface area contributed by atoms with Gasteiger partial charge in [0.25, 0.3) is 0 Å². The molecule has 26 aromatic carbocycles. The van der Waals surface area contributed by atoms with E-state index in [9.17, 15) is 11.0 Å². The van der Waals surface area contributed by atoms with Gasteiger partial charge >= 0.3 is 0 Å². The van der Waals surface area contributed by atoms with Gasteiger partial charge < -0.3 is 0 Å². The third-order valence-corrected chi connectivity index (χ3v) is 30.2. The van der Waals surface area contributed by atoms with E-state index in [2.05, 4.69) is 152 Å². The quantitative estimate of drug-likeness (QED) is 0.126. The van der Waals surface area contributed by atoms with Gasteiger partial charge in [-0.15, -0.1) is 34.0 Å². The number of rotatable bonds is 9. The Hall–Kier alpha value is -16.8. The highest BCUT2D eigenvalue weighted by Gasteiger charge is 2.24. The van der Waals surface area contributed by atoms with Crippen LogP contribution in [0, 0.1) is 0 Å². The van der Waals surface area contributed by atoms with E-state index in [0.717, 1.165) is 85.9 Å². The van der Waals surface area contributed by atoms with Crippen molar-refractivity contribution in [1.82, 2.24) is 0 Å². The zero-order valence-corrected chi connectivity index (χ0v) is 75.2.